The van der Waals surface area contributed by atoms with Gasteiger partial charge in [0.15, 0.2) is 5.96 Å². The summed E-state index contributed by atoms with van der Waals surface area (Å²) in [5.74, 6) is 1.55. The van der Waals surface area contributed by atoms with Crippen LogP contribution < -0.4 is 10.6 Å². The number of hydrogen-bond acceptors (Lipinski definition) is 3. The van der Waals surface area contributed by atoms with Gasteiger partial charge in [-0.2, -0.15) is 0 Å². The Morgan fingerprint density at radius 1 is 1.18 bits per heavy atom. The molecule has 0 spiro atoms. The van der Waals surface area contributed by atoms with Crippen LogP contribution in [0.5, 0.6) is 0 Å². The molecule has 1 heterocycles. The summed E-state index contributed by atoms with van der Waals surface area (Å²) >= 11 is 0. The van der Waals surface area contributed by atoms with E-state index in [1.807, 2.05) is 7.05 Å². The smallest absolute Gasteiger partial charge is 0.234 e. The summed E-state index contributed by atoms with van der Waals surface area (Å²) in [6.45, 7) is 9.31. The molecule has 1 amide bonds. The number of guanidine groups is 1. The number of hydrogen-bond donors (Lipinski definition) is 2. The molecular weight excluding hydrogens is 465 g/mol. The molecule has 2 aliphatic rings. The van der Waals surface area contributed by atoms with Gasteiger partial charge in [0.2, 0.25) is 5.91 Å². The van der Waals surface area contributed by atoms with Gasteiger partial charge in [0.05, 0.1) is 6.54 Å². The number of nitrogens with one attached hydrogen (secondary N) is 2. The third-order valence-electron chi connectivity index (χ3n) is 5.41. The van der Waals surface area contributed by atoms with Crippen LogP contribution in [0.1, 0.15) is 36.8 Å². The molecule has 156 valence electrons. The predicted molar refractivity (Wildman–Crippen MR) is 126 cm³/mol. The number of nitrogens with zero attached hydrogens (tertiary/aromatic N) is 3. The zero-order valence-electron chi connectivity index (χ0n) is 17.3. The molecule has 2 N–H and O–H groups in total. The number of piperazine rings is 1. The molecule has 1 saturated heterocycles. The van der Waals surface area contributed by atoms with E-state index >= 15 is 0 Å². The van der Waals surface area contributed by atoms with Gasteiger partial charge in [-0.05, 0) is 31.2 Å². The highest BCUT2D eigenvalue weighted by Gasteiger charge is 2.26. The van der Waals surface area contributed by atoms with Crippen LogP contribution in [0.15, 0.2) is 29.3 Å². The van der Waals surface area contributed by atoms with Crippen molar-refractivity contribution in [1.82, 2.24) is 20.4 Å². The van der Waals surface area contributed by atoms with Crippen LogP contribution in [-0.4, -0.2) is 74.0 Å². The van der Waals surface area contributed by atoms with Crippen molar-refractivity contribution in [2.75, 3.05) is 46.3 Å². The second kappa shape index (κ2) is 11.0. The van der Waals surface area contributed by atoms with Crippen molar-refractivity contribution < 1.29 is 4.79 Å². The van der Waals surface area contributed by atoms with E-state index in [1.54, 1.807) is 0 Å². The third kappa shape index (κ3) is 6.92. The molecule has 0 aromatic heterocycles. The molecule has 1 aromatic rings. The first-order valence-electron chi connectivity index (χ1n) is 10.1. The lowest BCUT2D eigenvalue weighted by Crippen LogP contribution is -2.54. The lowest BCUT2D eigenvalue weighted by atomic mass is 10.0. The highest BCUT2D eigenvalue weighted by Crippen LogP contribution is 2.18. The zero-order chi connectivity index (χ0) is 19.2. The standard InChI is InChI=1S/C21H33N5O.HI/c1-16-4-6-18(7-5-16)17(2)14-23-21(22-3)26-12-10-25(11-13-26)15-20(27)24-19-8-9-19;/h4-7,17,19H,8-15H2,1-3H3,(H,22,23)(H,24,27);1H. The number of rotatable bonds is 6. The van der Waals surface area contributed by atoms with Crippen LogP contribution in [-0.2, 0) is 4.79 Å². The lowest BCUT2D eigenvalue weighted by molar-refractivity contribution is -0.122. The molecule has 1 saturated carbocycles. The van der Waals surface area contributed by atoms with Gasteiger partial charge in [-0.15, -0.1) is 24.0 Å². The summed E-state index contributed by atoms with van der Waals surface area (Å²) in [5.41, 5.74) is 2.63. The predicted octanol–water partition coefficient (Wildman–Crippen LogP) is 2.19. The van der Waals surface area contributed by atoms with Crippen LogP contribution in [0.3, 0.4) is 0 Å². The Bertz CT molecular complexity index is 651. The van der Waals surface area contributed by atoms with Crippen LogP contribution in [0, 0.1) is 6.92 Å². The van der Waals surface area contributed by atoms with Gasteiger partial charge in [-0.25, -0.2) is 0 Å². The molecule has 7 heteroatoms. The van der Waals surface area contributed by atoms with Crippen molar-refractivity contribution in [1.29, 1.82) is 0 Å². The summed E-state index contributed by atoms with van der Waals surface area (Å²) in [6.07, 6.45) is 2.28. The fourth-order valence-electron chi connectivity index (χ4n) is 3.41. The van der Waals surface area contributed by atoms with E-state index in [-0.39, 0.29) is 29.9 Å². The first-order chi connectivity index (χ1) is 13.0. The largest absolute Gasteiger partial charge is 0.356 e. The molecule has 1 unspecified atom stereocenters. The first kappa shape index (κ1) is 22.9. The Morgan fingerprint density at radius 3 is 2.39 bits per heavy atom. The van der Waals surface area contributed by atoms with Crippen molar-refractivity contribution >= 4 is 35.8 Å². The molecule has 1 aromatic carbocycles. The topological polar surface area (TPSA) is 60.0 Å². The van der Waals surface area contributed by atoms with Gasteiger partial charge >= 0.3 is 0 Å². The maximum Gasteiger partial charge on any atom is 0.234 e. The Balaban J connectivity index is 0.00000280. The van der Waals surface area contributed by atoms with E-state index in [1.165, 1.54) is 11.1 Å². The van der Waals surface area contributed by atoms with Gasteiger partial charge in [0.25, 0.3) is 0 Å². The Morgan fingerprint density at radius 2 is 1.82 bits per heavy atom. The van der Waals surface area contributed by atoms with E-state index in [2.05, 4.69) is 63.5 Å². The second-order valence-corrected chi connectivity index (χ2v) is 7.84. The first-order valence-corrected chi connectivity index (χ1v) is 10.1. The van der Waals surface area contributed by atoms with Crippen molar-refractivity contribution in [3.05, 3.63) is 35.4 Å². The van der Waals surface area contributed by atoms with Crippen LogP contribution in [0.4, 0.5) is 0 Å². The molecule has 2 fully saturated rings. The zero-order valence-corrected chi connectivity index (χ0v) is 19.6. The Hall–Kier alpha value is -1.35. The Labute approximate surface area is 186 Å². The maximum atomic E-state index is 12.0. The number of carbonyl (C=O) groups excluding carboxylic acids is 1. The second-order valence-electron chi connectivity index (χ2n) is 7.84. The van der Waals surface area contributed by atoms with E-state index in [0.29, 0.717) is 18.5 Å². The summed E-state index contributed by atoms with van der Waals surface area (Å²) < 4.78 is 0. The molecule has 28 heavy (non-hydrogen) atoms. The number of aliphatic imine (C=N–C) groups is 1. The van der Waals surface area contributed by atoms with Crippen LogP contribution in [0.2, 0.25) is 0 Å². The fourth-order valence-corrected chi connectivity index (χ4v) is 3.41. The SMILES string of the molecule is CN=C(NCC(C)c1ccc(C)cc1)N1CCN(CC(=O)NC2CC2)CC1.I. The minimum absolute atomic E-state index is 0. The van der Waals surface area contributed by atoms with E-state index in [4.69, 9.17) is 0 Å². The van der Waals surface area contributed by atoms with Gasteiger partial charge in [-0.1, -0.05) is 36.8 Å². The minimum atomic E-state index is 0. The van der Waals surface area contributed by atoms with Gasteiger partial charge in [0.1, 0.15) is 0 Å². The highest BCUT2D eigenvalue weighted by molar-refractivity contribution is 14.0. The lowest BCUT2D eigenvalue weighted by Gasteiger charge is -2.36. The van der Waals surface area contributed by atoms with Crippen LogP contribution >= 0.6 is 24.0 Å². The molecule has 0 radical (unpaired) electrons. The molecule has 6 nitrogen and oxygen atoms in total. The number of amides is 1. The monoisotopic (exact) mass is 499 g/mol. The number of benzene rings is 1. The van der Waals surface area contributed by atoms with E-state index in [0.717, 1.165) is 51.5 Å². The quantitative estimate of drug-likeness (QED) is 0.358. The van der Waals surface area contributed by atoms with Crippen molar-refractivity contribution in [2.45, 2.75) is 38.6 Å². The van der Waals surface area contributed by atoms with Gasteiger partial charge in [-0.3, -0.25) is 14.7 Å². The number of aryl methyl sites for hydroxylation is 1. The summed E-state index contributed by atoms with van der Waals surface area (Å²) in [4.78, 5) is 20.9. The molecule has 1 aliphatic carbocycles. The molecule has 1 aliphatic heterocycles. The number of halogens is 1. The average Bonchev–Trinajstić information content (AvgIpc) is 3.47. The van der Waals surface area contributed by atoms with Crippen molar-refractivity contribution in [3.8, 4) is 0 Å². The summed E-state index contributed by atoms with van der Waals surface area (Å²) in [6, 6.07) is 9.18. The molecular formula is C21H34IN5O. The maximum absolute atomic E-state index is 12.0. The number of carbonyl (C=O) groups is 1. The van der Waals surface area contributed by atoms with Crippen molar-refractivity contribution in [2.24, 2.45) is 4.99 Å². The highest BCUT2D eigenvalue weighted by atomic mass is 127. The minimum Gasteiger partial charge on any atom is -0.356 e. The molecule has 0 bridgehead atoms. The van der Waals surface area contributed by atoms with E-state index in [9.17, 15) is 4.79 Å². The summed E-state index contributed by atoms with van der Waals surface area (Å²) in [7, 11) is 1.84. The Kier molecular flexibility index (Phi) is 9.01. The van der Waals surface area contributed by atoms with Gasteiger partial charge < -0.3 is 15.5 Å². The third-order valence-corrected chi connectivity index (χ3v) is 5.41. The fraction of sp³-hybridized carbons (Fsp3) is 0.619. The molecule has 3 rings (SSSR count). The van der Waals surface area contributed by atoms with E-state index < -0.39 is 0 Å². The van der Waals surface area contributed by atoms with Crippen molar-refractivity contribution in [3.63, 3.8) is 0 Å². The molecule has 1 atom stereocenters. The van der Waals surface area contributed by atoms with Gasteiger partial charge in [0, 0.05) is 45.8 Å². The normalized spacial score (nSPS) is 19.0. The average molecular weight is 499 g/mol. The summed E-state index contributed by atoms with van der Waals surface area (Å²) in [5, 5.41) is 6.59. The van der Waals surface area contributed by atoms with Crippen LogP contribution in [0.25, 0.3) is 0 Å².